The van der Waals surface area contributed by atoms with E-state index in [0.29, 0.717) is 28.6 Å². The van der Waals surface area contributed by atoms with Crippen LogP contribution in [0.3, 0.4) is 0 Å². The number of hydrogen-bond donors (Lipinski definition) is 1. The minimum Gasteiger partial charge on any atom is -0.493 e. The van der Waals surface area contributed by atoms with E-state index in [0.717, 1.165) is 27.9 Å². The van der Waals surface area contributed by atoms with Gasteiger partial charge in [-0.3, -0.25) is 15.0 Å². The third-order valence-electron chi connectivity index (χ3n) is 4.77. The maximum atomic E-state index is 12.8. The van der Waals surface area contributed by atoms with Gasteiger partial charge >= 0.3 is 0 Å². The van der Waals surface area contributed by atoms with Gasteiger partial charge in [0.1, 0.15) is 6.61 Å². The Balaban J connectivity index is 1.47. The van der Waals surface area contributed by atoms with E-state index >= 15 is 0 Å². The Hall–Kier alpha value is -3.62. The van der Waals surface area contributed by atoms with Crippen molar-refractivity contribution >= 4 is 46.2 Å². The minimum atomic E-state index is -0.408. The number of carbonyl (C=O) groups excluding carboxylic acids is 2. The number of hydrazine groups is 1. The number of amides is 2. The molecule has 1 heterocycles. The lowest BCUT2D eigenvalue weighted by Gasteiger charge is -2.15. The second-order valence-electron chi connectivity index (χ2n) is 7.01. The topological polar surface area (TPSA) is 67.9 Å². The predicted molar refractivity (Wildman–Crippen MR) is 133 cm³/mol. The van der Waals surface area contributed by atoms with Crippen LogP contribution < -0.4 is 14.9 Å². The van der Waals surface area contributed by atoms with Crippen molar-refractivity contribution < 1.29 is 19.1 Å². The molecule has 6 nitrogen and oxygen atoms in total. The number of thiocarbonyl (C=S) groups is 1. The zero-order chi connectivity index (χ0) is 23.2. The number of benzene rings is 3. The van der Waals surface area contributed by atoms with E-state index in [1.165, 1.54) is 0 Å². The second-order valence-corrected chi connectivity index (χ2v) is 8.68. The van der Waals surface area contributed by atoms with E-state index in [9.17, 15) is 9.59 Å². The average Bonchev–Trinajstić information content (AvgIpc) is 3.11. The molecule has 0 saturated carbocycles. The first-order valence-electron chi connectivity index (χ1n) is 10.0. The standard InChI is InChI=1S/C25H20N2O4S2/c1-30-21-14-18(12-13-20(21)31-16-17-8-4-2-5-9-17)15-22-24(29)27(25(32)33-22)26-23(28)19-10-6-3-7-11-19/h2-15H,16H2,1H3,(H,26,28). The maximum Gasteiger partial charge on any atom is 0.285 e. The summed E-state index contributed by atoms with van der Waals surface area (Å²) in [6.07, 6.45) is 1.71. The fourth-order valence-corrected chi connectivity index (χ4v) is 4.28. The molecule has 0 aliphatic carbocycles. The molecule has 0 bridgehead atoms. The molecule has 8 heteroatoms. The normalized spacial score (nSPS) is 14.5. The van der Waals surface area contributed by atoms with Crippen LogP contribution in [0.15, 0.2) is 83.8 Å². The fraction of sp³-hybridized carbons (Fsp3) is 0.0800. The molecule has 166 valence electrons. The van der Waals surface area contributed by atoms with Crippen molar-refractivity contribution in [1.29, 1.82) is 0 Å². The largest absolute Gasteiger partial charge is 0.493 e. The smallest absolute Gasteiger partial charge is 0.285 e. The summed E-state index contributed by atoms with van der Waals surface area (Å²) in [5, 5.41) is 1.09. The van der Waals surface area contributed by atoms with Crippen LogP contribution in [0.1, 0.15) is 21.5 Å². The number of hydrogen-bond acceptors (Lipinski definition) is 6. The summed E-state index contributed by atoms with van der Waals surface area (Å²) in [6.45, 7) is 0.413. The molecule has 1 aliphatic rings. The van der Waals surface area contributed by atoms with Crippen LogP contribution >= 0.6 is 24.0 Å². The molecule has 0 radical (unpaired) electrons. The summed E-state index contributed by atoms with van der Waals surface area (Å²) in [5.74, 6) is 0.348. The highest BCUT2D eigenvalue weighted by Gasteiger charge is 2.33. The number of carbonyl (C=O) groups is 2. The summed E-state index contributed by atoms with van der Waals surface area (Å²) in [7, 11) is 1.56. The molecule has 0 unspecified atom stereocenters. The zero-order valence-corrected chi connectivity index (χ0v) is 19.3. The number of nitrogens with zero attached hydrogens (tertiary/aromatic N) is 1. The molecule has 1 saturated heterocycles. The van der Waals surface area contributed by atoms with E-state index < -0.39 is 11.8 Å². The molecule has 1 aliphatic heterocycles. The number of methoxy groups -OCH3 is 1. The predicted octanol–water partition coefficient (Wildman–Crippen LogP) is 4.82. The van der Waals surface area contributed by atoms with Gasteiger partial charge in [0.2, 0.25) is 0 Å². The molecule has 0 spiro atoms. The lowest BCUT2D eigenvalue weighted by molar-refractivity contribution is -0.123. The van der Waals surface area contributed by atoms with Crippen LogP contribution in [-0.4, -0.2) is 28.3 Å². The van der Waals surface area contributed by atoms with Gasteiger partial charge in [-0.25, -0.2) is 0 Å². The third-order valence-corrected chi connectivity index (χ3v) is 6.07. The average molecular weight is 477 g/mol. The van der Waals surface area contributed by atoms with E-state index in [1.54, 1.807) is 49.6 Å². The summed E-state index contributed by atoms with van der Waals surface area (Å²) >= 11 is 6.42. The first-order valence-corrected chi connectivity index (χ1v) is 11.3. The Labute approximate surface area is 201 Å². The van der Waals surface area contributed by atoms with E-state index in [-0.39, 0.29) is 4.32 Å². The summed E-state index contributed by atoms with van der Waals surface area (Å²) in [5.41, 5.74) is 4.80. The van der Waals surface area contributed by atoms with E-state index in [2.05, 4.69) is 5.43 Å². The number of thioether (sulfide) groups is 1. The molecule has 1 fully saturated rings. The Morgan fingerprint density at radius 1 is 1.03 bits per heavy atom. The second kappa shape index (κ2) is 10.3. The molecule has 0 aromatic heterocycles. The number of ether oxygens (including phenoxy) is 2. The molecule has 0 atom stereocenters. The van der Waals surface area contributed by atoms with E-state index in [1.807, 2.05) is 42.5 Å². The van der Waals surface area contributed by atoms with Gasteiger partial charge in [-0.05, 0) is 53.7 Å². The molecule has 2 amide bonds. The SMILES string of the molecule is COc1cc(C=C2SC(=S)N(NC(=O)c3ccccc3)C2=O)ccc1OCc1ccccc1. The summed E-state index contributed by atoms with van der Waals surface area (Å²) in [4.78, 5) is 25.7. The van der Waals surface area contributed by atoms with Crippen LogP contribution in [-0.2, 0) is 11.4 Å². The van der Waals surface area contributed by atoms with Crippen molar-refractivity contribution in [1.82, 2.24) is 10.4 Å². The molecule has 3 aromatic rings. The van der Waals surface area contributed by atoms with Gasteiger partial charge in [0.05, 0.1) is 12.0 Å². The lowest BCUT2D eigenvalue weighted by atomic mass is 10.2. The van der Waals surface area contributed by atoms with Crippen LogP contribution in [0.2, 0.25) is 0 Å². The van der Waals surface area contributed by atoms with Crippen LogP contribution in [0, 0.1) is 0 Å². The van der Waals surface area contributed by atoms with Crippen molar-refractivity contribution in [2.75, 3.05) is 7.11 Å². The van der Waals surface area contributed by atoms with Crippen LogP contribution in [0.5, 0.6) is 11.5 Å². The van der Waals surface area contributed by atoms with Crippen molar-refractivity contribution in [2.45, 2.75) is 6.61 Å². The number of rotatable bonds is 7. The fourth-order valence-electron chi connectivity index (χ4n) is 3.10. The van der Waals surface area contributed by atoms with Gasteiger partial charge < -0.3 is 9.47 Å². The van der Waals surface area contributed by atoms with Crippen molar-refractivity contribution in [3.63, 3.8) is 0 Å². The molecular formula is C25H20N2O4S2. The molecule has 33 heavy (non-hydrogen) atoms. The summed E-state index contributed by atoms with van der Waals surface area (Å²) in [6, 6.07) is 23.9. The van der Waals surface area contributed by atoms with Crippen LogP contribution in [0.4, 0.5) is 0 Å². The molecule has 4 rings (SSSR count). The Morgan fingerprint density at radius 3 is 2.42 bits per heavy atom. The van der Waals surface area contributed by atoms with E-state index in [4.69, 9.17) is 21.7 Å². The Bertz CT molecular complexity index is 1210. The lowest BCUT2D eigenvalue weighted by Crippen LogP contribution is -2.44. The molecule has 3 aromatic carbocycles. The maximum absolute atomic E-state index is 12.8. The molecule has 1 N–H and O–H groups in total. The highest BCUT2D eigenvalue weighted by atomic mass is 32.2. The zero-order valence-electron chi connectivity index (χ0n) is 17.7. The highest BCUT2D eigenvalue weighted by Crippen LogP contribution is 2.34. The highest BCUT2D eigenvalue weighted by molar-refractivity contribution is 8.26. The van der Waals surface area contributed by atoms with Crippen molar-refractivity contribution in [3.05, 3.63) is 100 Å². The van der Waals surface area contributed by atoms with Gasteiger partial charge in [0.25, 0.3) is 11.8 Å². The number of nitrogens with one attached hydrogen (secondary N) is 1. The Morgan fingerprint density at radius 2 is 1.73 bits per heavy atom. The first kappa shape index (κ1) is 22.6. The van der Waals surface area contributed by atoms with Gasteiger partial charge in [0.15, 0.2) is 15.8 Å². The monoisotopic (exact) mass is 476 g/mol. The quantitative estimate of drug-likeness (QED) is 0.390. The van der Waals surface area contributed by atoms with Gasteiger partial charge in [-0.1, -0.05) is 66.4 Å². The first-order chi connectivity index (χ1) is 16.0. The minimum absolute atomic E-state index is 0.255. The van der Waals surface area contributed by atoms with Crippen LogP contribution in [0.25, 0.3) is 6.08 Å². The van der Waals surface area contributed by atoms with Crippen molar-refractivity contribution in [3.8, 4) is 11.5 Å². The Kier molecular flexibility index (Phi) is 7.07. The molecular weight excluding hydrogens is 456 g/mol. The third kappa shape index (κ3) is 5.42. The van der Waals surface area contributed by atoms with Gasteiger partial charge in [-0.2, -0.15) is 5.01 Å². The van der Waals surface area contributed by atoms with Crippen molar-refractivity contribution in [2.24, 2.45) is 0 Å². The van der Waals surface area contributed by atoms with Gasteiger partial charge in [-0.15, -0.1) is 0 Å². The summed E-state index contributed by atoms with van der Waals surface area (Å²) < 4.78 is 11.6. The van der Waals surface area contributed by atoms with Gasteiger partial charge in [0, 0.05) is 5.56 Å².